The third kappa shape index (κ3) is 5.05. The summed E-state index contributed by atoms with van der Waals surface area (Å²) in [4.78, 5) is 0.201. The Kier molecular flexibility index (Phi) is 5.60. The maximum Gasteiger partial charge on any atom is 0.296 e. The van der Waals surface area contributed by atoms with E-state index in [4.69, 9.17) is 13.7 Å². The van der Waals surface area contributed by atoms with Gasteiger partial charge in [-0.2, -0.15) is 8.42 Å². The van der Waals surface area contributed by atoms with Crippen LogP contribution in [0.15, 0.2) is 29.2 Å². The molecule has 6 heteroatoms. The van der Waals surface area contributed by atoms with Crippen molar-refractivity contribution in [2.24, 2.45) is 0 Å². The second-order valence-electron chi connectivity index (χ2n) is 6.04. The molecule has 1 aromatic carbocycles. The van der Waals surface area contributed by atoms with Crippen LogP contribution in [0, 0.1) is 6.92 Å². The number of unbranched alkanes of at least 4 members (excludes halogenated alkanes) is 1. The third-order valence-corrected chi connectivity index (χ3v) is 4.86. The van der Waals surface area contributed by atoms with Crippen LogP contribution in [0.5, 0.6) is 0 Å². The zero-order chi connectivity index (χ0) is 16.2. The maximum atomic E-state index is 12.0. The first-order valence-electron chi connectivity index (χ1n) is 7.56. The van der Waals surface area contributed by atoms with Crippen LogP contribution in [0.1, 0.15) is 38.7 Å². The minimum absolute atomic E-state index is 0.0868. The van der Waals surface area contributed by atoms with E-state index < -0.39 is 15.9 Å². The number of ether oxygens (including phenoxy) is 2. The van der Waals surface area contributed by atoms with Crippen LogP contribution in [0.3, 0.4) is 0 Å². The lowest BCUT2D eigenvalue weighted by atomic mass is 10.2. The standard InChI is InChI=1S/C16H24O5S/c1-13-7-9-15(10-8-13)22(17,18)20-11-5-4-6-14-12-19-16(2,3)21-14/h7-10,14H,4-6,11-12H2,1-3H3/t14-/m0/s1. The fourth-order valence-corrected chi connectivity index (χ4v) is 3.26. The van der Waals surface area contributed by atoms with Crippen molar-refractivity contribution in [1.29, 1.82) is 0 Å². The molecule has 0 aliphatic carbocycles. The number of benzene rings is 1. The summed E-state index contributed by atoms with van der Waals surface area (Å²) in [7, 11) is -3.65. The lowest BCUT2D eigenvalue weighted by Crippen LogP contribution is -2.21. The van der Waals surface area contributed by atoms with E-state index in [2.05, 4.69) is 0 Å². The maximum absolute atomic E-state index is 12.0. The molecular formula is C16H24O5S. The first-order chi connectivity index (χ1) is 10.3. The van der Waals surface area contributed by atoms with Crippen LogP contribution in [-0.4, -0.2) is 33.5 Å². The minimum Gasteiger partial charge on any atom is -0.348 e. The molecule has 1 saturated heterocycles. The van der Waals surface area contributed by atoms with Crippen molar-refractivity contribution in [2.45, 2.75) is 56.8 Å². The Morgan fingerprint density at radius 2 is 1.91 bits per heavy atom. The average Bonchev–Trinajstić information content (AvgIpc) is 2.78. The van der Waals surface area contributed by atoms with Crippen LogP contribution in [-0.2, 0) is 23.8 Å². The van der Waals surface area contributed by atoms with E-state index in [9.17, 15) is 8.42 Å². The largest absolute Gasteiger partial charge is 0.348 e. The topological polar surface area (TPSA) is 61.8 Å². The molecular weight excluding hydrogens is 304 g/mol. The fraction of sp³-hybridized carbons (Fsp3) is 0.625. The van der Waals surface area contributed by atoms with E-state index in [-0.39, 0.29) is 17.6 Å². The van der Waals surface area contributed by atoms with Crippen molar-refractivity contribution in [1.82, 2.24) is 0 Å². The molecule has 0 spiro atoms. The monoisotopic (exact) mass is 328 g/mol. The van der Waals surface area contributed by atoms with Gasteiger partial charge in [0.15, 0.2) is 5.79 Å². The summed E-state index contributed by atoms with van der Waals surface area (Å²) in [5, 5.41) is 0. The van der Waals surface area contributed by atoms with Crippen LogP contribution in [0.25, 0.3) is 0 Å². The van der Waals surface area contributed by atoms with Gasteiger partial charge in [-0.1, -0.05) is 17.7 Å². The normalized spacial score (nSPS) is 21.1. The quantitative estimate of drug-likeness (QED) is 0.569. The van der Waals surface area contributed by atoms with Gasteiger partial charge < -0.3 is 9.47 Å². The molecule has 124 valence electrons. The van der Waals surface area contributed by atoms with Gasteiger partial charge in [0.1, 0.15) is 0 Å². The van der Waals surface area contributed by atoms with Crippen molar-refractivity contribution in [3.8, 4) is 0 Å². The summed E-state index contributed by atoms with van der Waals surface area (Å²) < 4.78 is 40.2. The Bertz CT molecular complexity index is 577. The molecule has 0 unspecified atom stereocenters. The van der Waals surface area contributed by atoms with Gasteiger partial charge in [0.25, 0.3) is 10.1 Å². The Balaban J connectivity index is 1.69. The van der Waals surface area contributed by atoms with Gasteiger partial charge in [-0.25, -0.2) is 0 Å². The van der Waals surface area contributed by atoms with Gasteiger partial charge in [0, 0.05) is 0 Å². The van der Waals surface area contributed by atoms with E-state index in [1.165, 1.54) is 0 Å². The van der Waals surface area contributed by atoms with E-state index in [0.29, 0.717) is 13.0 Å². The molecule has 22 heavy (non-hydrogen) atoms. The lowest BCUT2D eigenvalue weighted by Gasteiger charge is -2.16. The zero-order valence-corrected chi connectivity index (χ0v) is 14.2. The highest BCUT2D eigenvalue weighted by Gasteiger charge is 2.31. The molecule has 0 saturated carbocycles. The highest BCUT2D eigenvalue weighted by Crippen LogP contribution is 2.25. The van der Waals surface area contributed by atoms with E-state index >= 15 is 0 Å². The van der Waals surface area contributed by atoms with E-state index in [1.807, 2.05) is 20.8 Å². The van der Waals surface area contributed by atoms with E-state index in [0.717, 1.165) is 18.4 Å². The van der Waals surface area contributed by atoms with Crippen molar-refractivity contribution >= 4 is 10.1 Å². The van der Waals surface area contributed by atoms with Crippen molar-refractivity contribution in [3.63, 3.8) is 0 Å². The summed E-state index contributed by atoms with van der Waals surface area (Å²) in [5.74, 6) is -0.504. The summed E-state index contributed by atoms with van der Waals surface area (Å²) >= 11 is 0. The highest BCUT2D eigenvalue weighted by molar-refractivity contribution is 7.86. The molecule has 1 aliphatic heterocycles. The van der Waals surface area contributed by atoms with Crippen molar-refractivity contribution in [2.75, 3.05) is 13.2 Å². The molecule has 1 fully saturated rings. The third-order valence-electron chi connectivity index (χ3n) is 3.54. The van der Waals surface area contributed by atoms with Gasteiger partial charge in [-0.3, -0.25) is 4.18 Å². The van der Waals surface area contributed by atoms with E-state index in [1.54, 1.807) is 24.3 Å². The molecule has 1 aromatic rings. The summed E-state index contributed by atoms with van der Waals surface area (Å²) in [6.45, 7) is 6.48. The Morgan fingerprint density at radius 3 is 2.50 bits per heavy atom. The van der Waals surface area contributed by atoms with Crippen LogP contribution in [0.4, 0.5) is 0 Å². The molecule has 5 nitrogen and oxygen atoms in total. The predicted octanol–water partition coefficient (Wildman–Crippen LogP) is 3.02. The smallest absolute Gasteiger partial charge is 0.296 e. The first kappa shape index (κ1) is 17.4. The predicted molar refractivity (Wildman–Crippen MR) is 83.1 cm³/mol. The highest BCUT2D eigenvalue weighted by atomic mass is 32.2. The lowest BCUT2D eigenvalue weighted by molar-refractivity contribution is -0.139. The Hall–Kier alpha value is -0.950. The van der Waals surface area contributed by atoms with Crippen molar-refractivity contribution < 1.29 is 22.1 Å². The summed E-state index contributed by atoms with van der Waals surface area (Å²) in [5.41, 5.74) is 1.01. The molecule has 0 amide bonds. The van der Waals surface area contributed by atoms with Crippen LogP contribution < -0.4 is 0 Å². The molecule has 0 radical (unpaired) electrons. The van der Waals surface area contributed by atoms with Crippen LogP contribution in [0.2, 0.25) is 0 Å². The molecule has 1 atom stereocenters. The first-order valence-corrected chi connectivity index (χ1v) is 8.97. The number of hydrogen-bond acceptors (Lipinski definition) is 5. The molecule has 2 rings (SSSR count). The molecule has 1 aliphatic rings. The van der Waals surface area contributed by atoms with Gasteiger partial charge in [-0.05, 0) is 52.2 Å². The number of rotatable bonds is 7. The summed E-state index contributed by atoms with van der Waals surface area (Å²) in [6.07, 6.45) is 2.44. The van der Waals surface area contributed by atoms with Crippen molar-refractivity contribution in [3.05, 3.63) is 29.8 Å². The number of aryl methyl sites for hydroxylation is 1. The second kappa shape index (κ2) is 7.08. The van der Waals surface area contributed by atoms with Gasteiger partial charge in [0.2, 0.25) is 0 Å². The molecule has 0 N–H and O–H groups in total. The van der Waals surface area contributed by atoms with Gasteiger partial charge in [0.05, 0.1) is 24.2 Å². The zero-order valence-electron chi connectivity index (χ0n) is 13.4. The SMILES string of the molecule is Cc1ccc(S(=O)(=O)OCCCC[C@H]2COC(C)(C)O2)cc1. The summed E-state index contributed by atoms with van der Waals surface area (Å²) in [6, 6.07) is 6.65. The fourth-order valence-electron chi connectivity index (χ4n) is 2.32. The molecule has 1 heterocycles. The Labute approximate surface area is 132 Å². The average molecular weight is 328 g/mol. The Morgan fingerprint density at radius 1 is 1.23 bits per heavy atom. The minimum atomic E-state index is -3.65. The van der Waals surface area contributed by atoms with Gasteiger partial charge >= 0.3 is 0 Å². The number of hydrogen-bond donors (Lipinski definition) is 0. The van der Waals surface area contributed by atoms with Crippen LogP contribution >= 0.6 is 0 Å². The molecule has 0 bridgehead atoms. The molecule has 0 aromatic heterocycles. The van der Waals surface area contributed by atoms with Gasteiger partial charge in [-0.15, -0.1) is 0 Å². The second-order valence-corrected chi connectivity index (χ2v) is 7.65.